The fraction of sp³-hybridized carbons (Fsp3) is 0.174. The average Bonchev–Trinajstić information content (AvgIpc) is 2.99. The molecule has 2 aromatic heterocycles. The van der Waals surface area contributed by atoms with Crippen molar-refractivity contribution in [3.05, 3.63) is 87.0 Å². The number of nitrogens with two attached hydrogens (primary N) is 1. The number of primary amides is 1. The van der Waals surface area contributed by atoms with Gasteiger partial charge in [-0.2, -0.15) is 0 Å². The molecular weight excluding hydrogens is 413 g/mol. The molecule has 0 aliphatic heterocycles. The smallest absolute Gasteiger partial charge is 0.335 e. The summed E-state index contributed by atoms with van der Waals surface area (Å²) in [5.41, 5.74) is 7.46. The summed E-state index contributed by atoms with van der Waals surface area (Å²) in [6.45, 7) is 4.94. The summed E-state index contributed by atoms with van der Waals surface area (Å²) in [5.74, 6) is -1.43. The Morgan fingerprint density at radius 1 is 1.03 bits per heavy atom. The number of aryl methyl sites for hydroxylation is 3. The zero-order valence-corrected chi connectivity index (χ0v) is 17.7. The Balaban J connectivity index is 1.98. The molecule has 0 spiro atoms. The first-order valence-corrected chi connectivity index (χ1v) is 9.83. The second kappa shape index (κ2) is 7.84. The number of imidazole rings is 1. The zero-order valence-electron chi connectivity index (χ0n) is 17.7. The van der Waals surface area contributed by atoms with E-state index in [9.17, 15) is 18.8 Å². The van der Waals surface area contributed by atoms with Gasteiger partial charge in [0.1, 0.15) is 17.2 Å². The van der Waals surface area contributed by atoms with Crippen molar-refractivity contribution in [1.82, 2.24) is 19.1 Å². The van der Waals surface area contributed by atoms with E-state index in [0.29, 0.717) is 11.3 Å². The quantitative estimate of drug-likeness (QED) is 0.486. The van der Waals surface area contributed by atoms with Crippen molar-refractivity contribution in [3.8, 4) is 5.69 Å². The zero-order chi connectivity index (χ0) is 23.2. The van der Waals surface area contributed by atoms with E-state index in [1.54, 1.807) is 13.0 Å². The predicted octanol–water partition coefficient (Wildman–Crippen LogP) is 2.63. The molecule has 9 heteroatoms. The Morgan fingerprint density at radius 3 is 2.34 bits per heavy atom. The molecule has 162 valence electrons. The number of fused-ring (bicyclic) bond motifs is 1. The maximum atomic E-state index is 13.5. The number of amides is 1. The maximum Gasteiger partial charge on any atom is 0.335 e. The molecule has 2 N–H and O–H groups in total. The van der Waals surface area contributed by atoms with Gasteiger partial charge in [-0.25, -0.2) is 23.7 Å². The average molecular weight is 433 g/mol. The van der Waals surface area contributed by atoms with E-state index in [4.69, 9.17) is 5.73 Å². The number of hydrogen-bond donors (Lipinski definition) is 1. The third kappa shape index (κ3) is 3.58. The van der Waals surface area contributed by atoms with Crippen molar-refractivity contribution in [2.45, 2.75) is 27.3 Å². The molecule has 8 nitrogen and oxygen atoms in total. The minimum atomic E-state index is -0.857. The van der Waals surface area contributed by atoms with Crippen LogP contribution in [0, 0.1) is 26.6 Å². The van der Waals surface area contributed by atoms with Crippen LogP contribution in [0.25, 0.3) is 16.9 Å². The Hall–Kier alpha value is -4.14. The fourth-order valence-corrected chi connectivity index (χ4v) is 3.76. The van der Waals surface area contributed by atoms with E-state index in [2.05, 4.69) is 9.97 Å². The number of benzene rings is 2. The second-order valence-corrected chi connectivity index (χ2v) is 7.58. The van der Waals surface area contributed by atoms with Gasteiger partial charge in [-0.15, -0.1) is 0 Å². The number of nitrogens with zero attached hydrogens (tertiary/aromatic N) is 4. The third-order valence-corrected chi connectivity index (χ3v) is 5.18. The largest absolute Gasteiger partial charge is 0.364 e. The molecule has 0 atom stereocenters. The predicted molar refractivity (Wildman–Crippen MR) is 117 cm³/mol. The minimum Gasteiger partial charge on any atom is -0.364 e. The Labute approximate surface area is 182 Å². The molecule has 2 heterocycles. The normalized spacial score (nSPS) is 11.1. The highest BCUT2D eigenvalue weighted by atomic mass is 19.1. The van der Waals surface area contributed by atoms with Crippen LogP contribution >= 0.6 is 0 Å². The fourth-order valence-electron chi connectivity index (χ4n) is 3.76. The van der Waals surface area contributed by atoms with Crippen LogP contribution in [0.4, 0.5) is 4.39 Å². The van der Waals surface area contributed by atoms with E-state index in [-0.39, 0.29) is 35.0 Å². The molecule has 4 rings (SSSR count). The number of aromatic nitrogens is 4. The van der Waals surface area contributed by atoms with Gasteiger partial charge in [0.25, 0.3) is 5.91 Å². The van der Waals surface area contributed by atoms with E-state index < -0.39 is 17.4 Å². The standard InChI is InChI=1S/C23H20FN5O3/c1-12-4-9-17(13(2)10-12)18(30)11-28-20-19(21(25)31)26-14(3)27-22(20)29(23(28)32)16-7-5-15(24)6-8-16/h4-10H,11H2,1-3H3,(H2,25,31). The van der Waals surface area contributed by atoms with Gasteiger partial charge < -0.3 is 5.73 Å². The van der Waals surface area contributed by atoms with Gasteiger partial charge in [0.05, 0.1) is 12.2 Å². The van der Waals surface area contributed by atoms with Gasteiger partial charge in [-0.1, -0.05) is 23.8 Å². The maximum absolute atomic E-state index is 13.5. The molecule has 0 fully saturated rings. The van der Waals surface area contributed by atoms with Gasteiger partial charge in [0, 0.05) is 5.56 Å². The van der Waals surface area contributed by atoms with Crippen molar-refractivity contribution in [2.75, 3.05) is 0 Å². The number of carbonyl (C=O) groups excluding carboxylic acids is 2. The van der Waals surface area contributed by atoms with Crippen molar-refractivity contribution in [2.24, 2.45) is 5.73 Å². The topological polar surface area (TPSA) is 113 Å². The van der Waals surface area contributed by atoms with Gasteiger partial charge >= 0.3 is 5.69 Å². The SMILES string of the molecule is Cc1ccc(C(=O)Cn2c(=O)n(-c3ccc(F)cc3)c3nc(C)nc(C(N)=O)c32)c(C)c1. The van der Waals surface area contributed by atoms with Crippen molar-refractivity contribution in [1.29, 1.82) is 0 Å². The van der Waals surface area contributed by atoms with Crippen LogP contribution < -0.4 is 11.4 Å². The number of Topliss-reactive ketones (excluding diaryl/α,β-unsaturated/α-hetero) is 1. The van der Waals surface area contributed by atoms with E-state index in [0.717, 1.165) is 15.7 Å². The summed E-state index contributed by atoms with van der Waals surface area (Å²) >= 11 is 0. The highest BCUT2D eigenvalue weighted by Crippen LogP contribution is 2.21. The first kappa shape index (κ1) is 21.1. The van der Waals surface area contributed by atoms with Crippen LogP contribution in [0.15, 0.2) is 47.3 Å². The number of carbonyl (C=O) groups is 2. The summed E-state index contributed by atoms with van der Waals surface area (Å²) in [6, 6.07) is 10.6. The third-order valence-electron chi connectivity index (χ3n) is 5.18. The molecular formula is C23H20FN5O3. The molecule has 4 aromatic rings. The Kier molecular flexibility index (Phi) is 5.17. The lowest BCUT2D eigenvalue weighted by molar-refractivity contribution is 0.0965. The molecule has 0 aliphatic rings. The van der Waals surface area contributed by atoms with E-state index >= 15 is 0 Å². The summed E-state index contributed by atoms with van der Waals surface area (Å²) in [7, 11) is 0. The van der Waals surface area contributed by atoms with Crippen molar-refractivity contribution < 1.29 is 14.0 Å². The molecule has 0 unspecified atom stereocenters. The molecule has 2 aromatic carbocycles. The lowest BCUT2D eigenvalue weighted by atomic mass is 10.0. The number of ketones is 1. The van der Waals surface area contributed by atoms with Gasteiger partial charge in [-0.3, -0.25) is 14.2 Å². The Morgan fingerprint density at radius 2 is 1.72 bits per heavy atom. The van der Waals surface area contributed by atoms with Crippen LogP contribution in [0.2, 0.25) is 0 Å². The van der Waals surface area contributed by atoms with Crippen molar-refractivity contribution in [3.63, 3.8) is 0 Å². The van der Waals surface area contributed by atoms with E-state index in [1.807, 2.05) is 26.0 Å². The Bertz CT molecular complexity index is 1450. The second-order valence-electron chi connectivity index (χ2n) is 7.58. The van der Waals surface area contributed by atoms with Gasteiger partial charge in [0.2, 0.25) is 0 Å². The van der Waals surface area contributed by atoms with Crippen LogP contribution in [0.5, 0.6) is 0 Å². The molecule has 0 saturated carbocycles. The van der Waals surface area contributed by atoms with Crippen molar-refractivity contribution >= 4 is 22.9 Å². The van der Waals surface area contributed by atoms with Gasteiger partial charge in [0.15, 0.2) is 17.1 Å². The molecule has 0 bridgehead atoms. The van der Waals surface area contributed by atoms with Crippen LogP contribution in [-0.4, -0.2) is 30.8 Å². The first-order valence-electron chi connectivity index (χ1n) is 9.83. The van der Waals surface area contributed by atoms with E-state index in [1.165, 1.54) is 28.8 Å². The summed E-state index contributed by atoms with van der Waals surface area (Å²) in [6.07, 6.45) is 0. The minimum absolute atomic E-state index is 0.0514. The molecule has 0 aliphatic carbocycles. The number of hydrogen-bond acceptors (Lipinski definition) is 5. The molecule has 0 saturated heterocycles. The highest BCUT2D eigenvalue weighted by molar-refractivity contribution is 6.03. The molecule has 1 amide bonds. The van der Waals surface area contributed by atoms with Crippen LogP contribution in [-0.2, 0) is 6.54 Å². The highest BCUT2D eigenvalue weighted by Gasteiger charge is 2.25. The molecule has 32 heavy (non-hydrogen) atoms. The first-order chi connectivity index (χ1) is 15.2. The van der Waals surface area contributed by atoms with Crippen LogP contribution in [0.1, 0.15) is 37.8 Å². The monoisotopic (exact) mass is 433 g/mol. The summed E-state index contributed by atoms with van der Waals surface area (Å²) in [4.78, 5) is 47.1. The number of halogens is 1. The lowest BCUT2D eigenvalue weighted by Gasteiger charge is -2.08. The summed E-state index contributed by atoms with van der Waals surface area (Å²) in [5, 5.41) is 0. The summed E-state index contributed by atoms with van der Waals surface area (Å²) < 4.78 is 15.8. The molecule has 0 radical (unpaired) electrons. The van der Waals surface area contributed by atoms with Gasteiger partial charge in [-0.05, 0) is 50.6 Å². The van der Waals surface area contributed by atoms with Crippen LogP contribution in [0.3, 0.4) is 0 Å². The number of rotatable bonds is 5. The lowest BCUT2D eigenvalue weighted by Crippen LogP contribution is -2.27.